The Kier molecular flexibility index (Phi) is 6.60. The lowest BCUT2D eigenvalue weighted by Crippen LogP contribution is -2.35. The van der Waals surface area contributed by atoms with Gasteiger partial charge in [0, 0.05) is 12.0 Å². The van der Waals surface area contributed by atoms with Crippen LogP contribution in [0.4, 0.5) is 0 Å². The minimum atomic E-state index is -3.40. The molecule has 0 aromatic carbocycles. The van der Waals surface area contributed by atoms with Crippen molar-refractivity contribution in [2.45, 2.75) is 58.3 Å². The molecule has 0 saturated heterocycles. The number of nitrogens with two attached hydrogens (primary N) is 1. The van der Waals surface area contributed by atoms with Gasteiger partial charge >= 0.3 is 0 Å². The second-order valence-corrected chi connectivity index (χ2v) is 7.24. The molecule has 0 radical (unpaired) electrons. The van der Waals surface area contributed by atoms with Gasteiger partial charge in [-0.05, 0) is 19.3 Å². The highest BCUT2D eigenvalue weighted by Crippen LogP contribution is 2.39. The maximum atomic E-state index is 11.3. The fraction of sp³-hybridized carbons (Fsp3) is 1.00. The highest BCUT2D eigenvalue weighted by molar-refractivity contribution is 7.89. The first-order chi connectivity index (χ1) is 8.47. The Labute approximate surface area is 111 Å². The van der Waals surface area contributed by atoms with Gasteiger partial charge < -0.3 is 4.74 Å². The molecule has 1 aliphatic rings. The highest BCUT2D eigenvalue weighted by Gasteiger charge is 2.37. The van der Waals surface area contributed by atoms with Crippen molar-refractivity contribution in [1.29, 1.82) is 0 Å². The molecule has 108 valence electrons. The zero-order chi connectivity index (χ0) is 13.5. The van der Waals surface area contributed by atoms with Crippen molar-refractivity contribution < 1.29 is 13.2 Å². The summed E-state index contributed by atoms with van der Waals surface area (Å²) in [5.41, 5.74) is -0.210. The summed E-state index contributed by atoms with van der Waals surface area (Å²) < 4.78 is 28.3. The zero-order valence-corrected chi connectivity index (χ0v) is 12.3. The van der Waals surface area contributed by atoms with Crippen LogP contribution in [0.5, 0.6) is 0 Å². The van der Waals surface area contributed by atoms with Gasteiger partial charge in [-0.3, -0.25) is 0 Å². The monoisotopic (exact) mass is 277 g/mol. The van der Waals surface area contributed by atoms with Crippen molar-refractivity contribution in [3.05, 3.63) is 0 Å². The number of unbranched alkanes of at least 4 members (excludes halogenated alkanes) is 3. The van der Waals surface area contributed by atoms with Crippen LogP contribution in [0.2, 0.25) is 0 Å². The van der Waals surface area contributed by atoms with Gasteiger partial charge in [-0.25, -0.2) is 13.6 Å². The summed E-state index contributed by atoms with van der Waals surface area (Å²) in [7, 11) is -3.40. The average molecular weight is 277 g/mol. The molecule has 1 aliphatic carbocycles. The first-order valence-corrected chi connectivity index (χ1v) is 8.77. The molecule has 0 atom stereocenters. The van der Waals surface area contributed by atoms with Gasteiger partial charge in [0.2, 0.25) is 10.0 Å². The standard InChI is InChI=1S/C13H27NO3S/c1-2-3-4-7-10-17-11-13(8-5-6-9-13)12-18(14,15)16/h2-12H2,1H3,(H2,14,15,16). The Morgan fingerprint density at radius 3 is 2.39 bits per heavy atom. The van der Waals surface area contributed by atoms with Gasteiger partial charge in [0.1, 0.15) is 0 Å². The molecule has 18 heavy (non-hydrogen) atoms. The smallest absolute Gasteiger partial charge is 0.209 e. The van der Waals surface area contributed by atoms with E-state index >= 15 is 0 Å². The maximum Gasteiger partial charge on any atom is 0.209 e. The molecule has 0 aliphatic heterocycles. The number of ether oxygens (including phenoxy) is 1. The van der Waals surface area contributed by atoms with E-state index in [1.165, 1.54) is 19.3 Å². The fourth-order valence-corrected chi connectivity index (χ4v) is 4.03. The molecule has 0 heterocycles. The average Bonchev–Trinajstić information content (AvgIpc) is 2.69. The predicted molar refractivity (Wildman–Crippen MR) is 73.8 cm³/mol. The van der Waals surface area contributed by atoms with Crippen LogP contribution < -0.4 is 5.14 Å². The van der Waals surface area contributed by atoms with Crippen LogP contribution in [0.1, 0.15) is 58.3 Å². The largest absolute Gasteiger partial charge is 0.381 e. The van der Waals surface area contributed by atoms with E-state index in [0.717, 1.165) is 38.7 Å². The number of primary sulfonamides is 1. The van der Waals surface area contributed by atoms with E-state index in [4.69, 9.17) is 9.88 Å². The molecule has 0 spiro atoms. The molecule has 1 saturated carbocycles. The minimum absolute atomic E-state index is 0.0783. The van der Waals surface area contributed by atoms with Crippen molar-refractivity contribution in [3.8, 4) is 0 Å². The van der Waals surface area contributed by atoms with Crippen molar-refractivity contribution in [1.82, 2.24) is 0 Å². The van der Waals surface area contributed by atoms with Crippen LogP contribution in [0.3, 0.4) is 0 Å². The summed E-state index contributed by atoms with van der Waals surface area (Å²) >= 11 is 0. The van der Waals surface area contributed by atoms with E-state index < -0.39 is 10.0 Å². The Balaban J connectivity index is 2.30. The zero-order valence-electron chi connectivity index (χ0n) is 11.5. The molecule has 0 amide bonds. The van der Waals surface area contributed by atoms with Gasteiger partial charge in [-0.1, -0.05) is 39.0 Å². The Bertz CT molecular complexity index is 321. The van der Waals surface area contributed by atoms with Gasteiger partial charge in [0.05, 0.1) is 12.4 Å². The van der Waals surface area contributed by atoms with E-state index in [0.29, 0.717) is 6.61 Å². The Morgan fingerprint density at radius 1 is 1.17 bits per heavy atom. The lowest BCUT2D eigenvalue weighted by Gasteiger charge is -2.27. The lowest BCUT2D eigenvalue weighted by atomic mass is 9.90. The first-order valence-electron chi connectivity index (χ1n) is 7.06. The number of hydrogen-bond acceptors (Lipinski definition) is 3. The summed E-state index contributed by atoms with van der Waals surface area (Å²) in [5, 5.41) is 5.19. The molecule has 0 unspecified atom stereocenters. The van der Waals surface area contributed by atoms with E-state index in [9.17, 15) is 8.42 Å². The predicted octanol–water partition coefficient (Wildman–Crippen LogP) is 2.43. The highest BCUT2D eigenvalue weighted by atomic mass is 32.2. The molecule has 1 rings (SSSR count). The van der Waals surface area contributed by atoms with Crippen molar-refractivity contribution in [3.63, 3.8) is 0 Å². The Hall–Kier alpha value is -0.130. The molecular formula is C13H27NO3S. The summed E-state index contributed by atoms with van der Waals surface area (Å²) in [6.07, 6.45) is 8.76. The Morgan fingerprint density at radius 2 is 1.83 bits per heavy atom. The molecular weight excluding hydrogens is 250 g/mol. The lowest BCUT2D eigenvalue weighted by molar-refractivity contribution is 0.0556. The minimum Gasteiger partial charge on any atom is -0.381 e. The van der Waals surface area contributed by atoms with Crippen LogP contribution in [0.15, 0.2) is 0 Å². The molecule has 0 bridgehead atoms. The first kappa shape index (κ1) is 15.9. The summed E-state index contributed by atoms with van der Waals surface area (Å²) in [6, 6.07) is 0. The number of sulfonamides is 1. The van der Waals surface area contributed by atoms with E-state index in [1.54, 1.807) is 0 Å². The van der Waals surface area contributed by atoms with E-state index in [2.05, 4.69) is 6.92 Å². The van der Waals surface area contributed by atoms with Gasteiger partial charge in [-0.2, -0.15) is 0 Å². The third-order valence-corrected chi connectivity index (χ3v) is 4.74. The van der Waals surface area contributed by atoms with Crippen LogP contribution in [0.25, 0.3) is 0 Å². The van der Waals surface area contributed by atoms with Crippen LogP contribution in [-0.2, 0) is 14.8 Å². The topological polar surface area (TPSA) is 69.4 Å². The van der Waals surface area contributed by atoms with Crippen molar-refractivity contribution >= 4 is 10.0 Å². The summed E-state index contributed by atoms with van der Waals surface area (Å²) in [6.45, 7) is 3.47. The second kappa shape index (κ2) is 7.46. The normalized spacial score (nSPS) is 19.2. The summed E-state index contributed by atoms with van der Waals surface area (Å²) in [4.78, 5) is 0. The third kappa shape index (κ3) is 6.16. The summed E-state index contributed by atoms with van der Waals surface area (Å²) in [5.74, 6) is 0.0783. The molecule has 2 N–H and O–H groups in total. The van der Waals surface area contributed by atoms with Gasteiger partial charge in [0.25, 0.3) is 0 Å². The van der Waals surface area contributed by atoms with Crippen molar-refractivity contribution in [2.24, 2.45) is 10.6 Å². The SMILES string of the molecule is CCCCCCOCC1(CS(N)(=O)=O)CCCC1. The molecule has 0 aromatic heterocycles. The van der Waals surface area contributed by atoms with E-state index in [-0.39, 0.29) is 11.2 Å². The van der Waals surface area contributed by atoms with Crippen LogP contribution in [0, 0.1) is 5.41 Å². The molecule has 0 aromatic rings. The van der Waals surface area contributed by atoms with Crippen molar-refractivity contribution in [2.75, 3.05) is 19.0 Å². The molecule has 5 heteroatoms. The quantitative estimate of drug-likeness (QED) is 0.658. The second-order valence-electron chi connectivity index (χ2n) is 5.63. The molecule has 1 fully saturated rings. The number of rotatable bonds is 9. The maximum absolute atomic E-state index is 11.3. The van der Waals surface area contributed by atoms with Gasteiger partial charge in [0.15, 0.2) is 0 Å². The van der Waals surface area contributed by atoms with Crippen LogP contribution in [-0.4, -0.2) is 27.4 Å². The van der Waals surface area contributed by atoms with Gasteiger partial charge in [-0.15, -0.1) is 0 Å². The molecule has 4 nitrogen and oxygen atoms in total. The third-order valence-electron chi connectivity index (χ3n) is 3.72. The van der Waals surface area contributed by atoms with E-state index in [1.807, 2.05) is 0 Å². The van der Waals surface area contributed by atoms with Crippen LogP contribution >= 0.6 is 0 Å². The number of hydrogen-bond donors (Lipinski definition) is 1. The fourth-order valence-electron chi connectivity index (χ4n) is 2.80.